The lowest BCUT2D eigenvalue weighted by Crippen LogP contribution is -2.42. The molecule has 0 saturated carbocycles. The lowest BCUT2D eigenvalue weighted by molar-refractivity contribution is -0.111. The zero-order chi connectivity index (χ0) is 26.2. The quantitative estimate of drug-likeness (QED) is 0.434. The predicted octanol–water partition coefficient (Wildman–Crippen LogP) is 3.97. The fourth-order valence-electron chi connectivity index (χ4n) is 3.98. The SMILES string of the molecule is CN(C)C/C=C/C(=O)Nc1ccc(C(=O)N2CCC(Nc3ncc(Cl)c(-c4cccnc4)n3)CC2)cc1. The molecule has 1 aromatic carbocycles. The Morgan fingerprint density at radius 1 is 1.14 bits per heavy atom. The molecule has 192 valence electrons. The monoisotopic (exact) mass is 519 g/mol. The summed E-state index contributed by atoms with van der Waals surface area (Å²) in [7, 11) is 3.87. The first-order valence-corrected chi connectivity index (χ1v) is 12.5. The van der Waals surface area contributed by atoms with E-state index in [0.717, 1.165) is 18.4 Å². The summed E-state index contributed by atoms with van der Waals surface area (Å²) < 4.78 is 0. The molecular formula is C27H30ClN7O2. The number of pyridine rings is 1. The van der Waals surface area contributed by atoms with Crippen LogP contribution in [0, 0.1) is 0 Å². The number of likely N-dealkylation sites (N-methyl/N-ethyl adjacent to an activating group) is 1. The number of anilines is 2. The number of carbonyl (C=O) groups is 2. The van der Waals surface area contributed by atoms with E-state index in [1.54, 1.807) is 48.9 Å². The van der Waals surface area contributed by atoms with Crippen molar-refractivity contribution in [2.24, 2.45) is 0 Å². The highest BCUT2D eigenvalue weighted by atomic mass is 35.5. The highest BCUT2D eigenvalue weighted by molar-refractivity contribution is 6.32. The molecule has 0 radical (unpaired) electrons. The molecule has 2 aromatic heterocycles. The van der Waals surface area contributed by atoms with Crippen molar-refractivity contribution in [2.45, 2.75) is 18.9 Å². The molecule has 1 fully saturated rings. The zero-order valence-electron chi connectivity index (χ0n) is 20.9. The molecule has 0 atom stereocenters. The number of piperidine rings is 1. The van der Waals surface area contributed by atoms with Gasteiger partial charge >= 0.3 is 0 Å². The van der Waals surface area contributed by atoms with Crippen molar-refractivity contribution in [3.05, 3.63) is 77.7 Å². The third-order valence-electron chi connectivity index (χ3n) is 5.93. The number of hydrogen-bond acceptors (Lipinski definition) is 7. The number of nitrogens with one attached hydrogen (secondary N) is 2. The van der Waals surface area contributed by atoms with Crippen molar-refractivity contribution in [3.8, 4) is 11.3 Å². The molecule has 1 aliphatic rings. The molecule has 0 spiro atoms. The van der Waals surface area contributed by atoms with Gasteiger partial charge in [0.25, 0.3) is 5.91 Å². The number of amides is 2. The van der Waals surface area contributed by atoms with Gasteiger partial charge in [-0.2, -0.15) is 0 Å². The first kappa shape index (κ1) is 26.2. The number of halogens is 1. The molecule has 9 nitrogen and oxygen atoms in total. The van der Waals surface area contributed by atoms with Gasteiger partial charge in [0, 0.05) is 61.0 Å². The Labute approximate surface area is 221 Å². The highest BCUT2D eigenvalue weighted by Crippen LogP contribution is 2.26. The second-order valence-electron chi connectivity index (χ2n) is 9.07. The predicted molar refractivity (Wildman–Crippen MR) is 146 cm³/mol. The number of nitrogens with zero attached hydrogens (tertiary/aromatic N) is 5. The van der Waals surface area contributed by atoms with Crippen LogP contribution < -0.4 is 10.6 Å². The normalized spacial score (nSPS) is 14.2. The Balaban J connectivity index is 1.29. The van der Waals surface area contributed by atoms with Crippen LogP contribution in [0.4, 0.5) is 11.6 Å². The molecular weight excluding hydrogens is 490 g/mol. The Hall–Kier alpha value is -3.82. The Kier molecular flexibility index (Phi) is 8.81. The standard InChI is InChI=1S/C27H30ClN7O2/c1-34(2)14-4-6-24(36)31-21-9-7-19(8-10-21)26(37)35-15-11-22(12-16-35)32-27-30-18-23(28)25(33-27)20-5-3-13-29-17-20/h3-10,13,17-18,22H,11-12,14-16H2,1-2H3,(H,31,36)(H,30,32,33)/b6-4+. The van der Waals surface area contributed by atoms with Crippen molar-refractivity contribution in [3.63, 3.8) is 0 Å². The zero-order valence-corrected chi connectivity index (χ0v) is 21.7. The molecule has 3 heterocycles. The Bertz CT molecular complexity index is 1240. The molecule has 2 N–H and O–H groups in total. The lowest BCUT2D eigenvalue weighted by Gasteiger charge is -2.32. The van der Waals surface area contributed by atoms with Gasteiger partial charge in [-0.1, -0.05) is 17.7 Å². The van der Waals surface area contributed by atoms with Crippen LogP contribution in [0.25, 0.3) is 11.3 Å². The van der Waals surface area contributed by atoms with E-state index in [1.165, 1.54) is 6.08 Å². The van der Waals surface area contributed by atoms with Crippen LogP contribution in [-0.4, -0.2) is 76.3 Å². The number of aromatic nitrogens is 3. The molecule has 0 bridgehead atoms. The van der Waals surface area contributed by atoms with E-state index in [0.29, 0.717) is 47.6 Å². The summed E-state index contributed by atoms with van der Waals surface area (Å²) in [5.41, 5.74) is 2.69. The van der Waals surface area contributed by atoms with Crippen LogP contribution in [0.2, 0.25) is 5.02 Å². The number of rotatable bonds is 8. The molecule has 10 heteroatoms. The molecule has 2 amide bonds. The number of hydrogen-bond donors (Lipinski definition) is 2. The van der Waals surface area contributed by atoms with Gasteiger partial charge in [0.1, 0.15) is 0 Å². The fraction of sp³-hybridized carbons (Fsp3) is 0.296. The van der Waals surface area contributed by atoms with Gasteiger partial charge in [0.2, 0.25) is 11.9 Å². The lowest BCUT2D eigenvalue weighted by atomic mass is 10.0. The molecule has 3 aromatic rings. The van der Waals surface area contributed by atoms with E-state index in [9.17, 15) is 9.59 Å². The van der Waals surface area contributed by atoms with Crippen molar-refractivity contribution < 1.29 is 9.59 Å². The van der Waals surface area contributed by atoms with E-state index in [4.69, 9.17) is 11.6 Å². The van der Waals surface area contributed by atoms with Gasteiger partial charge in [-0.25, -0.2) is 9.97 Å². The van der Waals surface area contributed by atoms with Crippen LogP contribution in [0.3, 0.4) is 0 Å². The van der Waals surface area contributed by atoms with E-state index in [-0.39, 0.29) is 17.9 Å². The van der Waals surface area contributed by atoms with Crippen molar-refractivity contribution >= 4 is 35.1 Å². The fourth-order valence-corrected chi connectivity index (χ4v) is 4.18. The van der Waals surface area contributed by atoms with E-state index in [1.807, 2.05) is 36.0 Å². The molecule has 4 rings (SSSR count). The summed E-state index contributed by atoms with van der Waals surface area (Å²) >= 11 is 6.30. The molecule has 37 heavy (non-hydrogen) atoms. The minimum absolute atomic E-state index is 0.0242. The second-order valence-corrected chi connectivity index (χ2v) is 9.48. The third kappa shape index (κ3) is 7.34. The Morgan fingerprint density at radius 3 is 2.57 bits per heavy atom. The summed E-state index contributed by atoms with van der Waals surface area (Å²) in [5, 5.41) is 6.65. The maximum absolute atomic E-state index is 13.0. The molecule has 1 aliphatic heterocycles. The topological polar surface area (TPSA) is 103 Å². The average Bonchev–Trinajstić information content (AvgIpc) is 2.90. The number of benzene rings is 1. The molecule has 0 unspecified atom stereocenters. The van der Waals surface area contributed by atoms with Gasteiger partial charge in [-0.15, -0.1) is 0 Å². The van der Waals surface area contributed by atoms with Crippen LogP contribution in [-0.2, 0) is 4.79 Å². The van der Waals surface area contributed by atoms with Gasteiger partial charge in [0.15, 0.2) is 0 Å². The molecule has 0 aliphatic carbocycles. The van der Waals surface area contributed by atoms with E-state index in [2.05, 4.69) is 25.6 Å². The third-order valence-corrected chi connectivity index (χ3v) is 6.21. The number of likely N-dealkylation sites (tertiary alicyclic amines) is 1. The van der Waals surface area contributed by atoms with Crippen LogP contribution >= 0.6 is 11.6 Å². The summed E-state index contributed by atoms with van der Waals surface area (Å²) in [4.78, 5) is 41.9. The summed E-state index contributed by atoms with van der Waals surface area (Å²) in [6.07, 6.45) is 9.85. The van der Waals surface area contributed by atoms with Crippen molar-refractivity contribution in [1.29, 1.82) is 0 Å². The second kappa shape index (κ2) is 12.4. The number of carbonyl (C=O) groups excluding carboxylic acids is 2. The van der Waals surface area contributed by atoms with Crippen molar-refractivity contribution in [1.82, 2.24) is 24.8 Å². The van der Waals surface area contributed by atoms with Gasteiger partial charge in [-0.3, -0.25) is 14.6 Å². The largest absolute Gasteiger partial charge is 0.351 e. The van der Waals surface area contributed by atoms with Gasteiger partial charge < -0.3 is 20.4 Å². The highest BCUT2D eigenvalue weighted by Gasteiger charge is 2.24. The molecule has 1 saturated heterocycles. The first-order chi connectivity index (χ1) is 17.9. The van der Waals surface area contributed by atoms with E-state index >= 15 is 0 Å². The first-order valence-electron chi connectivity index (χ1n) is 12.1. The average molecular weight is 520 g/mol. The van der Waals surface area contributed by atoms with E-state index < -0.39 is 0 Å². The maximum atomic E-state index is 13.0. The van der Waals surface area contributed by atoms with Crippen LogP contribution in [0.5, 0.6) is 0 Å². The maximum Gasteiger partial charge on any atom is 0.253 e. The summed E-state index contributed by atoms with van der Waals surface area (Å²) in [6.45, 7) is 1.93. The Morgan fingerprint density at radius 2 is 1.89 bits per heavy atom. The van der Waals surface area contributed by atoms with Crippen LogP contribution in [0.15, 0.2) is 67.1 Å². The van der Waals surface area contributed by atoms with Crippen LogP contribution in [0.1, 0.15) is 23.2 Å². The summed E-state index contributed by atoms with van der Waals surface area (Å²) in [6, 6.07) is 10.9. The van der Waals surface area contributed by atoms with Crippen molar-refractivity contribution in [2.75, 3.05) is 44.4 Å². The minimum Gasteiger partial charge on any atom is -0.351 e. The minimum atomic E-state index is -0.201. The van der Waals surface area contributed by atoms with Gasteiger partial charge in [0.05, 0.1) is 16.9 Å². The summed E-state index contributed by atoms with van der Waals surface area (Å²) in [5.74, 6) is 0.277. The van der Waals surface area contributed by atoms with Gasteiger partial charge in [-0.05, 0) is 63.3 Å². The smallest absolute Gasteiger partial charge is 0.253 e.